The third kappa shape index (κ3) is 3.31. The first-order chi connectivity index (χ1) is 11.1. The Morgan fingerprint density at radius 1 is 1.22 bits per heavy atom. The molecule has 8 nitrogen and oxygen atoms in total. The number of pyridine rings is 2. The van der Waals surface area contributed by atoms with Crippen LogP contribution in [0.15, 0.2) is 36.7 Å². The average molecular weight is 310 g/mol. The summed E-state index contributed by atoms with van der Waals surface area (Å²) in [5.74, 6) is -1.26. The Bertz CT molecular complexity index is 859. The van der Waals surface area contributed by atoms with Gasteiger partial charge < -0.3 is 10.6 Å². The van der Waals surface area contributed by atoms with Crippen molar-refractivity contribution in [1.29, 1.82) is 0 Å². The molecule has 23 heavy (non-hydrogen) atoms. The minimum absolute atomic E-state index is 0.224. The van der Waals surface area contributed by atoms with Crippen LogP contribution in [0.5, 0.6) is 0 Å². The molecule has 0 aliphatic heterocycles. The van der Waals surface area contributed by atoms with Crippen LogP contribution < -0.4 is 10.6 Å². The highest BCUT2D eigenvalue weighted by molar-refractivity contribution is 6.40. The van der Waals surface area contributed by atoms with Gasteiger partial charge in [-0.05, 0) is 30.7 Å². The van der Waals surface area contributed by atoms with Crippen LogP contribution in [0.2, 0.25) is 0 Å². The highest BCUT2D eigenvalue weighted by Crippen LogP contribution is 2.18. The number of carbonyl (C=O) groups is 2. The molecular weight excluding hydrogens is 296 g/mol. The van der Waals surface area contributed by atoms with Gasteiger partial charge in [0.15, 0.2) is 11.5 Å². The van der Waals surface area contributed by atoms with Gasteiger partial charge in [-0.15, -0.1) is 0 Å². The van der Waals surface area contributed by atoms with Crippen LogP contribution in [0.4, 0.5) is 5.82 Å². The number of fused-ring (bicyclic) bond motifs is 1. The maximum Gasteiger partial charge on any atom is 0.314 e. The van der Waals surface area contributed by atoms with Crippen molar-refractivity contribution in [3.63, 3.8) is 0 Å². The van der Waals surface area contributed by atoms with Gasteiger partial charge in [-0.2, -0.15) is 5.10 Å². The van der Waals surface area contributed by atoms with E-state index in [-0.39, 0.29) is 12.4 Å². The topological polar surface area (TPSA) is 113 Å². The van der Waals surface area contributed by atoms with E-state index in [0.717, 1.165) is 11.3 Å². The predicted molar refractivity (Wildman–Crippen MR) is 83.3 cm³/mol. The zero-order chi connectivity index (χ0) is 16.2. The number of rotatable bonds is 3. The number of hydrogen-bond donors (Lipinski definition) is 3. The minimum atomic E-state index is -0.789. The van der Waals surface area contributed by atoms with Crippen LogP contribution >= 0.6 is 0 Å². The molecule has 0 aliphatic carbocycles. The number of nitrogens with one attached hydrogen (secondary N) is 3. The molecule has 3 aromatic heterocycles. The van der Waals surface area contributed by atoms with Crippen LogP contribution in [0.3, 0.4) is 0 Å². The molecular formula is C15H14N6O2. The van der Waals surface area contributed by atoms with Crippen molar-refractivity contribution in [3.8, 4) is 0 Å². The van der Waals surface area contributed by atoms with Gasteiger partial charge in [0.25, 0.3) is 0 Å². The van der Waals surface area contributed by atoms with E-state index in [0.29, 0.717) is 11.0 Å². The molecule has 3 aromatic rings. The Kier molecular flexibility index (Phi) is 3.96. The second kappa shape index (κ2) is 6.22. The van der Waals surface area contributed by atoms with Crippen molar-refractivity contribution in [2.24, 2.45) is 0 Å². The largest absolute Gasteiger partial charge is 0.344 e. The van der Waals surface area contributed by atoms with Crippen molar-refractivity contribution in [1.82, 2.24) is 25.5 Å². The number of carbonyl (C=O) groups excluding carboxylic acids is 2. The molecule has 0 bridgehead atoms. The number of amides is 2. The van der Waals surface area contributed by atoms with Gasteiger partial charge in [0.2, 0.25) is 0 Å². The van der Waals surface area contributed by atoms with Gasteiger partial charge in [-0.1, -0.05) is 6.07 Å². The van der Waals surface area contributed by atoms with E-state index in [2.05, 4.69) is 30.8 Å². The zero-order valence-electron chi connectivity index (χ0n) is 12.3. The quantitative estimate of drug-likeness (QED) is 0.623. The number of H-pyrrole nitrogens is 1. The zero-order valence-corrected chi connectivity index (χ0v) is 12.3. The summed E-state index contributed by atoms with van der Waals surface area (Å²) < 4.78 is 0. The lowest BCUT2D eigenvalue weighted by Crippen LogP contribution is -2.35. The number of aromatic nitrogens is 4. The molecule has 3 N–H and O–H groups in total. The Labute approximate surface area is 131 Å². The summed E-state index contributed by atoms with van der Waals surface area (Å²) in [5, 5.41) is 12.3. The third-order valence-corrected chi connectivity index (χ3v) is 3.18. The lowest BCUT2D eigenvalue weighted by Gasteiger charge is -2.05. The fourth-order valence-electron chi connectivity index (χ4n) is 2.03. The predicted octanol–water partition coefficient (Wildman–Crippen LogP) is 0.916. The van der Waals surface area contributed by atoms with E-state index in [4.69, 9.17) is 0 Å². The smallest absolute Gasteiger partial charge is 0.314 e. The first kappa shape index (κ1) is 14.6. The summed E-state index contributed by atoms with van der Waals surface area (Å²) in [6.45, 7) is 2.08. The number of anilines is 1. The van der Waals surface area contributed by atoms with E-state index in [1.54, 1.807) is 36.7 Å². The summed E-state index contributed by atoms with van der Waals surface area (Å²) in [7, 11) is 0. The highest BCUT2D eigenvalue weighted by atomic mass is 16.2. The molecule has 116 valence electrons. The lowest BCUT2D eigenvalue weighted by molar-refractivity contribution is -0.136. The molecule has 0 spiro atoms. The molecule has 0 aromatic carbocycles. The molecule has 0 aliphatic rings. The number of aryl methyl sites for hydroxylation is 1. The van der Waals surface area contributed by atoms with Gasteiger partial charge >= 0.3 is 11.8 Å². The van der Waals surface area contributed by atoms with Gasteiger partial charge in [0.05, 0.1) is 5.39 Å². The Morgan fingerprint density at radius 2 is 2.09 bits per heavy atom. The van der Waals surface area contributed by atoms with Crippen molar-refractivity contribution in [2.45, 2.75) is 13.5 Å². The number of nitrogens with zero attached hydrogens (tertiary/aromatic N) is 3. The molecule has 2 amide bonds. The van der Waals surface area contributed by atoms with E-state index in [1.165, 1.54) is 0 Å². The molecule has 8 heteroatoms. The second-order valence-corrected chi connectivity index (χ2v) is 4.92. The van der Waals surface area contributed by atoms with Crippen LogP contribution in [-0.4, -0.2) is 32.0 Å². The van der Waals surface area contributed by atoms with Crippen LogP contribution in [-0.2, 0) is 16.1 Å². The Balaban J connectivity index is 1.64. The summed E-state index contributed by atoms with van der Waals surface area (Å²) >= 11 is 0. The van der Waals surface area contributed by atoms with Crippen molar-refractivity contribution < 1.29 is 9.59 Å². The first-order valence-electron chi connectivity index (χ1n) is 6.93. The molecule has 0 unspecified atom stereocenters. The fraction of sp³-hybridized carbons (Fsp3) is 0.133. The number of hydrogen-bond acceptors (Lipinski definition) is 5. The normalized spacial score (nSPS) is 10.5. The fourth-order valence-corrected chi connectivity index (χ4v) is 2.03. The van der Waals surface area contributed by atoms with Crippen LogP contribution in [0.25, 0.3) is 11.0 Å². The van der Waals surface area contributed by atoms with Crippen LogP contribution in [0.1, 0.15) is 11.3 Å². The summed E-state index contributed by atoms with van der Waals surface area (Å²) in [4.78, 5) is 31.9. The molecule has 0 fully saturated rings. The van der Waals surface area contributed by atoms with E-state index < -0.39 is 11.8 Å². The molecule has 0 saturated carbocycles. The first-order valence-corrected chi connectivity index (χ1v) is 6.93. The van der Waals surface area contributed by atoms with Crippen molar-refractivity contribution >= 4 is 28.7 Å². The van der Waals surface area contributed by atoms with Crippen LogP contribution in [0, 0.1) is 6.92 Å². The molecule has 3 rings (SSSR count). The van der Waals surface area contributed by atoms with Gasteiger partial charge in [0.1, 0.15) is 0 Å². The molecule has 0 atom stereocenters. The lowest BCUT2D eigenvalue weighted by atomic mass is 10.3. The molecule has 3 heterocycles. The summed E-state index contributed by atoms with van der Waals surface area (Å²) in [5.41, 5.74) is 2.18. The van der Waals surface area contributed by atoms with Crippen molar-refractivity contribution in [2.75, 3.05) is 5.32 Å². The molecule has 0 saturated heterocycles. The summed E-state index contributed by atoms with van der Waals surface area (Å²) in [6, 6.07) is 7.15. The van der Waals surface area contributed by atoms with E-state index in [9.17, 15) is 9.59 Å². The standard InChI is InChI=1S/C15H14N6O2/c1-9-4-5-11-12(18-9)20-21-13(11)19-15(23)14(22)17-8-10-3-2-6-16-7-10/h2-7H,8H2,1H3,(H,17,22)(H2,18,19,20,21,23). The Morgan fingerprint density at radius 3 is 2.87 bits per heavy atom. The van der Waals surface area contributed by atoms with Crippen molar-refractivity contribution in [3.05, 3.63) is 47.9 Å². The van der Waals surface area contributed by atoms with Gasteiger partial charge in [0, 0.05) is 24.6 Å². The summed E-state index contributed by atoms with van der Waals surface area (Å²) in [6.07, 6.45) is 3.25. The number of aromatic amines is 1. The minimum Gasteiger partial charge on any atom is -0.344 e. The monoisotopic (exact) mass is 310 g/mol. The Hall–Kier alpha value is -3.29. The van der Waals surface area contributed by atoms with E-state index in [1.807, 2.05) is 6.92 Å². The average Bonchev–Trinajstić information content (AvgIpc) is 2.95. The van der Waals surface area contributed by atoms with Gasteiger partial charge in [-0.3, -0.25) is 19.7 Å². The van der Waals surface area contributed by atoms with E-state index >= 15 is 0 Å². The third-order valence-electron chi connectivity index (χ3n) is 3.18. The highest BCUT2D eigenvalue weighted by Gasteiger charge is 2.16. The maximum atomic E-state index is 11.9. The molecule has 0 radical (unpaired) electrons. The van der Waals surface area contributed by atoms with Gasteiger partial charge in [-0.25, -0.2) is 4.98 Å². The maximum absolute atomic E-state index is 11.9. The SMILES string of the molecule is Cc1ccc2c(NC(=O)C(=O)NCc3cccnc3)n[nH]c2n1. The second-order valence-electron chi connectivity index (χ2n) is 4.92.